The maximum Gasteiger partial charge on any atom is 0.0963 e. The second-order valence-corrected chi connectivity index (χ2v) is 5.57. The molecule has 0 radical (unpaired) electrons. The largest absolute Gasteiger partial charge is 0.324 e. The van der Waals surface area contributed by atoms with Gasteiger partial charge in [-0.2, -0.15) is 0 Å². The van der Waals surface area contributed by atoms with Gasteiger partial charge in [-0.05, 0) is 36.2 Å². The van der Waals surface area contributed by atoms with E-state index in [1.165, 1.54) is 5.56 Å². The summed E-state index contributed by atoms with van der Waals surface area (Å²) in [5.74, 6) is 0.891. The van der Waals surface area contributed by atoms with Crippen LogP contribution in [0.5, 0.6) is 0 Å². The predicted octanol–water partition coefficient (Wildman–Crippen LogP) is 4.05. The van der Waals surface area contributed by atoms with Crippen LogP contribution < -0.4 is 5.73 Å². The molecular weight excluding hydrogens is 264 g/mol. The molecule has 0 aliphatic carbocycles. The Morgan fingerprint density at radius 3 is 2.50 bits per heavy atom. The molecule has 2 nitrogen and oxygen atoms in total. The molecule has 0 aliphatic rings. The van der Waals surface area contributed by atoms with Crippen LogP contribution in [0.4, 0.5) is 0 Å². The highest BCUT2D eigenvalue weighted by molar-refractivity contribution is 7.98. The van der Waals surface area contributed by atoms with Gasteiger partial charge in [-0.25, -0.2) is 4.98 Å². The molecule has 1 aromatic carbocycles. The Morgan fingerprint density at radius 1 is 1.22 bits per heavy atom. The van der Waals surface area contributed by atoms with E-state index in [1.807, 2.05) is 49.5 Å². The minimum absolute atomic E-state index is 0.0350. The van der Waals surface area contributed by atoms with E-state index in [0.29, 0.717) is 0 Å². The number of hydrogen-bond acceptors (Lipinski definition) is 3. The van der Waals surface area contributed by atoms with Crippen LogP contribution in [0.1, 0.15) is 24.1 Å². The fraction of sp³-hybridized carbons (Fsp3) is 0.214. The molecule has 94 valence electrons. The second-order valence-electron chi connectivity index (χ2n) is 4.13. The van der Waals surface area contributed by atoms with E-state index >= 15 is 0 Å². The molecule has 2 N–H and O–H groups in total. The van der Waals surface area contributed by atoms with E-state index in [-0.39, 0.29) is 6.04 Å². The zero-order valence-electron chi connectivity index (χ0n) is 10.1. The first-order chi connectivity index (χ1) is 8.65. The standard InChI is InChI=1S/C14H15ClN2S/c1-10(16)12-4-7-14(17-8-12)18-9-11-2-5-13(15)6-3-11/h2-8,10H,9,16H2,1H3. The van der Waals surface area contributed by atoms with E-state index in [4.69, 9.17) is 17.3 Å². The lowest BCUT2D eigenvalue weighted by molar-refractivity contribution is 0.806. The van der Waals surface area contributed by atoms with Gasteiger partial charge >= 0.3 is 0 Å². The zero-order valence-corrected chi connectivity index (χ0v) is 11.7. The van der Waals surface area contributed by atoms with Crippen LogP contribution in [0.2, 0.25) is 5.02 Å². The number of hydrogen-bond donors (Lipinski definition) is 1. The van der Waals surface area contributed by atoms with E-state index in [9.17, 15) is 0 Å². The molecule has 0 aliphatic heterocycles. The molecule has 0 amide bonds. The van der Waals surface area contributed by atoms with Crippen LogP contribution >= 0.6 is 23.4 Å². The SMILES string of the molecule is CC(N)c1ccc(SCc2ccc(Cl)cc2)nc1. The number of halogens is 1. The van der Waals surface area contributed by atoms with Gasteiger partial charge < -0.3 is 5.73 Å². The number of nitrogens with zero attached hydrogens (tertiary/aromatic N) is 1. The maximum absolute atomic E-state index is 5.84. The minimum Gasteiger partial charge on any atom is -0.324 e. The molecule has 2 rings (SSSR count). The molecule has 2 aromatic rings. The second kappa shape index (κ2) is 6.23. The monoisotopic (exact) mass is 278 g/mol. The average molecular weight is 279 g/mol. The summed E-state index contributed by atoms with van der Waals surface area (Å²) < 4.78 is 0. The van der Waals surface area contributed by atoms with Crippen molar-refractivity contribution in [2.24, 2.45) is 5.73 Å². The van der Waals surface area contributed by atoms with E-state index in [0.717, 1.165) is 21.4 Å². The molecule has 1 aromatic heterocycles. The van der Waals surface area contributed by atoms with Crippen molar-refractivity contribution in [1.82, 2.24) is 4.98 Å². The fourth-order valence-corrected chi connectivity index (χ4v) is 2.41. The summed E-state index contributed by atoms with van der Waals surface area (Å²) in [5, 5.41) is 1.78. The third-order valence-corrected chi connectivity index (χ3v) is 3.85. The lowest BCUT2D eigenvalue weighted by Crippen LogP contribution is -2.04. The molecule has 0 spiro atoms. The molecule has 0 bridgehead atoms. The Kier molecular flexibility index (Phi) is 4.64. The normalized spacial score (nSPS) is 12.4. The number of aromatic nitrogens is 1. The zero-order chi connectivity index (χ0) is 13.0. The van der Waals surface area contributed by atoms with Gasteiger partial charge in [-0.3, -0.25) is 0 Å². The molecule has 18 heavy (non-hydrogen) atoms. The number of thioether (sulfide) groups is 1. The predicted molar refractivity (Wildman–Crippen MR) is 77.9 cm³/mol. The van der Waals surface area contributed by atoms with Gasteiger partial charge in [0.2, 0.25) is 0 Å². The topological polar surface area (TPSA) is 38.9 Å². The van der Waals surface area contributed by atoms with Gasteiger partial charge in [0, 0.05) is 23.0 Å². The third-order valence-electron chi connectivity index (χ3n) is 2.58. The minimum atomic E-state index is 0.0350. The molecule has 4 heteroatoms. The Bertz CT molecular complexity index is 494. The highest BCUT2D eigenvalue weighted by Gasteiger charge is 2.01. The van der Waals surface area contributed by atoms with Crippen molar-refractivity contribution < 1.29 is 0 Å². The summed E-state index contributed by atoms with van der Waals surface area (Å²) in [7, 11) is 0. The van der Waals surface area contributed by atoms with Crippen molar-refractivity contribution in [3.63, 3.8) is 0 Å². The number of pyridine rings is 1. The first-order valence-corrected chi connectivity index (χ1v) is 7.10. The Hall–Kier alpha value is -1.03. The van der Waals surface area contributed by atoms with Gasteiger partial charge in [-0.15, -0.1) is 11.8 Å². The first kappa shape index (κ1) is 13.4. The molecular formula is C14H15ClN2S. The molecule has 1 heterocycles. The van der Waals surface area contributed by atoms with Gasteiger partial charge in [-0.1, -0.05) is 29.8 Å². The van der Waals surface area contributed by atoms with Crippen LogP contribution in [0.25, 0.3) is 0 Å². The smallest absolute Gasteiger partial charge is 0.0963 e. The Balaban J connectivity index is 1.95. The molecule has 0 fully saturated rings. The van der Waals surface area contributed by atoms with Crippen LogP contribution in [0, 0.1) is 0 Å². The lowest BCUT2D eigenvalue weighted by atomic mass is 10.2. The molecule has 1 unspecified atom stereocenters. The van der Waals surface area contributed by atoms with Crippen LogP contribution in [-0.2, 0) is 5.75 Å². The summed E-state index contributed by atoms with van der Waals surface area (Å²) in [6.45, 7) is 1.96. The van der Waals surface area contributed by atoms with Gasteiger partial charge in [0.25, 0.3) is 0 Å². The first-order valence-electron chi connectivity index (χ1n) is 5.74. The summed E-state index contributed by atoms with van der Waals surface area (Å²) in [4.78, 5) is 4.39. The van der Waals surface area contributed by atoms with Crippen molar-refractivity contribution in [1.29, 1.82) is 0 Å². The third kappa shape index (κ3) is 3.73. The van der Waals surface area contributed by atoms with E-state index in [2.05, 4.69) is 4.98 Å². The van der Waals surface area contributed by atoms with Crippen molar-refractivity contribution in [3.8, 4) is 0 Å². The number of nitrogens with two attached hydrogens (primary N) is 1. The van der Waals surface area contributed by atoms with Gasteiger partial charge in [0.05, 0.1) is 5.03 Å². The van der Waals surface area contributed by atoms with E-state index < -0.39 is 0 Å². The van der Waals surface area contributed by atoms with Crippen molar-refractivity contribution in [3.05, 3.63) is 58.7 Å². The lowest BCUT2D eigenvalue weighted by Gasteiger charge is -2.06. The van der Waals surface area contributed by atoms with Crippen LogP contribution in [0.3, 0.4) is 0 Å². The van der Waals surface area contributed by atoms with Gasteiger partial charge in [0.1, 0.15) is 0 Å². The van der Waals surface area contributed by atoms with Crippen LogP contribution in [0.15, 0.2) is 47.6 Å². The molecule has 1 atom stereocenters. The van der Waals surface area contributed by atoms with E-state index in [1.54, 1.807) is 11.8 Å². The van der Waals surface area contributed by atoms with Crippen molar-refractivity contribution >= 4 is 23.4 Å². The summed E-state index contributed by atoms with van der Waals surface area (Å²) in [5.41, 5.74) is 8.08. The number of benzene rings is 1. The average Bonchev–Trinajstić information content (AvgIpc) is 2.38. The highest BCUT2D eigenvalue weighted by atomic mass is 35.5. The molecule has 0 saturated carbocycles. The quantitative estimate of drug-likeness (QED) is 0.858. The van der Waals surface area contributed by atoms with Crippen molar-refractivity contribution in [2.75, 3.05) is 0 Å². The van der Waals surface area contributed by atoms with Crippen LogP contribution in [-0.4, -0.2) is 4.98 Å². The summed E-state index contributed by atoms with van der Waals surface area (Å²) in [6.07, 6.45) is 1.84. The summed E-state index contributed by atoms with van der Waals surface area (Å²) in [6, 6.07) is 12.0. The highest BCUT2D eigenvalue weighted by Crippen LogP contribution is 2.22. The molecule has 0 saturated heterocycles. The maximum atomic E-state index is 5.84. The summed E-state index contributed by atoms with van der Waals surface area (Å²) >= 11 is 7.55. The van der Waals surface area contributed by atoms with Crippen molar-refractivity contribution in [2.45, 2.75) is 23.7 Å². The fourth-order valence-electron chi connectivity index (χ4n) is 1.48. The number of rotatable bonds is 4. The Labute approximate surface area is 117 Å². The van der Waals surface area contributed by atoms with Gasteiger partial charge in [0.15, 0.2) is 0 Å². The Morgan fingerprint density at radius 2 is 1.94 bits per heavy atom.